The summed E-state index contributed by atoms with van der Waals surface area (Å²) >= 11 is 0. The molecule has 0 aromatic rings. The molecular weight excluding hydrogens is 292 g/mol. The molecule has 0 fully saturated rings. The van der Waals surface area contributed by atoms with Gasteiger partial charge in [0.2, 0.25) is 0 Å². The Hall–Kier alpha value is -1.39. The highest BCUT2D eigenvalue weighted by Gasteiger charge is 2.11. The summed E-state index contributed by atoms with van der Waals surface area (Å²) in [5, 5.41) is 19.0. The van der Waals surface area contributed by atoms with Crippen LogP contribution >= 0.6 is 0 Å². The number of ether oxygens (including phenoxy) is 1. The van der Waals surface area contributed by atoms with Gasteiger partial charge in [0.25, 0.3) is 0 Å². The van der Waals surface area contributed by atoms with Crippen molar-refractivity contribution in [3.05, 3.63) is 36.5 Å². The summed E-state index contributed by atoms with van der Waals surface area (Å²) in [6.07, 6.45) is 17.2. The van der Waals surface area contributed by atoms with Crippen LogP contribution in [0.15, 0.2) is 36.5 Å². The molecule has 0 bridgehead atoms. The van der Waals surface area contributed by atoms with Crippen LogP contribution in [-0.2, 0) is 9.53 Å². The maximum Gasteiger partial charge on any atom is 0.305 e. The third-order valence-electron chi connectivity index (χ3n) is 3.51. The van der Waals surface area contributed by atoms with E-state index in [9.17, 15) is 15.0 Å². The molecule has 23 heavy (non-hydrogen) atoms. The van der Waals surface area contributed by atoms with Crippen molar-refractivity contribution in [1.82, 2.24) is 0 Å². The Balaban J connectivity index is 3.53. The van der Waals surface area contributed by atoms with Gasteiger partial charge in [0.1, 0.15) is 0 Å². The first-order chi connectivity index (χ1) is 11.1. The number of allylic oxidation sites excluding steroid dienone is 5. The van der Waals surface area contributed by atoms with Crippen LogP contribution in [0.3, 0.4) is 0 Å². The molecule has 0 radical (unpaired) electrons. The van der Waals surface area contributed by atoms with Crippen LogP contribution in [0.25, 0.3) is 0 Å². The molecule has 0 rings (SSSR count). The average Bonchev–Trinajstić information content (AvgIpc) is 2.57. The molecule has 0 aliphatic carbocycles. The van der Waals surface area contributed by atoms with E-state index in [0.29, 0.717) is 19.3 Å². The molecule has 0 aromatic carbocycles. The van der Waals surface area contributed by atoms with E-state index in [-0.39, 0.29) is 5.97 Å². The molecule has 0 aliphatic heterocycles. The normalized spacial score (nSPS) is 14.8. The van der Waals surface area contributed by atoms with E-state index in [2.05, 4.69) is 29.0 Å². The number of esters is 1. The van der Waals surface area contributed by atoms with Crippen molar-refractivity contribution in [3.63, 3.8) is 0 Å². The molecule has 0 unspecified atom stereocenters. The number of hydrogen-bond acceptors (Lipinski definition) is 4. The van der Waals surface area contributed by atoms with Gasteiger partial charge in [-0.05, 0) is 44.9 Å². The SMILES string of the molecule is CC[C@H](O)[C@@H](O)C/C=C\C/C=C\C/C=C\CCCCC(=O)OC. The third kappa shape index (κ3) is 14.0. The summed E-state index contributed by atoms with van der Waals surface area (Å²) in [5.41, 5.74) is 0. The number of hydrogen-bond donors (Lipinski definition) is 2. The second-order valence-electron chi connectivity index (χ2n) is 5.49. The molecule has 4 heteroatoms. The van der Waals surface area contributed by atoms with Gasteiger partial charge < -0.3 is 14.9 Å². The lowest BCUT2D eigenvalue weighted by Gasteiger charge is -2.13. The number of unbranched alkanes of at least 4 members (excludes halogenated alkanes) is 2. The monoisotopic (exact) mass is 324 g/mol. The number of aliphatic hydroxyl groups is 2. The summed E-state index contributed by atoms with van der Waals surface area (Å²) in [6, 6.07) is 0. The van der Waals surface area contributed by atoms with Crippen LogP contribution in [0.1, 0.15) is 58.3 Å². The van der Waals surface area contributed by atoms with E-state index < -0.39 is 12.2 Å². The topological polar surface area (TPSA) is 66.8 Å². The van der Waals surface area contributed by atoms with E-state index in [1.807, 2.05) is 19.1 Å². The maximum atomic E-state index is 10.9. The highest BCUT2D eigenvalue weighted by molar-refractivity contribution is 5.68. The van der Waals surface area contributed by atoms with Gasteiger partial charge in [-0.3, -0.25) is 4.79 Å². The van der Waals surface area contributed by atoms with Gasteiger partial charge in [0, 0.05) is 6.42 Å². The molecule has 2 atom stereocenters. The number of aliphatic hydroxyl groups excluding tert-OH is 2. The molecule has 0 heterocycles. The molecule has 0 saturated heterocycles. The van der Waals surface area contributed by atoms with E-state index in [0.717, 1.165) is 32.1 Å². The van der Waals surface area contributed by atoms with Crippen molar-refractivity contribution in [2.45, 2.75) is 70.5 Å². The summed E-state index contributed by atoms with van der Waals surface area (Å²) in [4.78, 5) is 10.9. The molecule has 0 aliphatic rings. The quantitative estimate of drug-likeness (QED) is 0.308. The van der Waals surface area contributed by atoms with E-state index in [1.54, 1.807) is 0 Å². The van der Waals surface area contributed by atoms with Crippen LogP contribution in [-0.4, -0.2) is 35.5 Å². The van der Waals surface area contributed by atoms with Crippen LogP contribution in [0.2, 0.25) is 0 Å². The summed E-state index contributed by atoms with van der Waals surface area (Å²) in [7, 11) is 1.42. The molecule has 0 amide bonds. The first kappa shape index (κ1) is 21.6. The lowest BCUT2D eigenvalue weighted by atomic mass is 10.1. The minimum atomic E-state index is -0.664. The number of carbonyl (C=O) groups excluding carboxylic acids is 1. The zero-order valence-electron chi connectivity index (χ0n) is 14.5. The van der Waals surface area contributed by atoms with E-state index in [4.69, 9.17) is 0 Å². The Kier molecular flexibility index (Phi) is 14.6. The molecular formula is C19H32O4. The van der Waals surface area contributed by atoms with Crippen LogP contribution in [0.5, 0.6) is 0 Å². The lowest BCUT2D eigenvalue weighted by Crippen LogP contribution is -2.23. The second-order valence-corrected chi connectivity index (χ2v) is 5.49. The van der Waals surface area contributed by atoms with Crippen LogP contribution < -0.4 is 0 Å². The highest BCUT2D eigenvalue weighted by Crippen LogP contribution is 2.05. The fourth-order valence-corrected chi connectivity index (χ4v) is 1.96. The molecule has 0 spiro atoms. The standard InChI is InChI=1S/C19H32O4/c1-3-17(20)18(21)15-13-11-9-7-5-4-6-8-10-12-14-16-19(22)23-2/h5-8,11,13,17-18,20-21H,3-4,9-10,12,14-16H2,1-2H3/b7-5-,8-6-,13-11-/t17-,18-/m0/s1. The smallest absolute Gasteiger partial charge is 0.305 e. The fraction of sp³-hybridized carbons (Fsp3) is 0.632. The van der Waals surface area contributed by atoms with Gasteiger partial charge in [0.15, 0.2) is 0 Å². The van der Waals surface area contributed by atoms with E-state index in [1.165, 1.54) is 7.11 Å². The third-order valence-corrected chi connectivity index (χ3v) is 3.51. The molecule has 2 N–H and O–H groups in total. The zero-order valence-corrected chi connectivity index (χ0v) is 14.5. The van der Waals surface area contributed by atoms with Crippen LogP contribution in [0, 0.1) is 0 Å². The Bertz CT molecular complexity index is 372. The largest absolute Gasteiger partial charge is 0.469 e. The zero-order chi connectivity index (χ0) is 17.3. The van der Waals surface area contributed by atoms with Gasteiger partial charge in [-0.1, -0.05) is 43.4 Å². The minimum absolute atomic E-state index is 0.137. The van der Waals surface area contributed by atoms with Gasteiger partial charge >= 0.3 is 5.97 Å². The lowest BCUT2D eigenvalue weighted by molar-refractivity contribution is -0.140. The Morgan fingerprint density at radius 2 is 1.57 bits per heavy atom. The number of carbonyl (C=O) groups is 1. The average molecular weight is 324 g/mol. The van der Waals surface area contributed by atoms with Crippen molar-refractivity contribution >= 4 is 5.97 Å². The molecule has 4 nitrogen and oxygen atoms in total. The summed E-state index contributed by atoms with van der Waals surface area (Å²) in [5.74, 6) is -0.137. The van der Waals surface area contributed by atoms with Gasteiger partial charge in [-0.2, -0.15) is 0 Å². The van der Waals surface area contributed by atoms with Gasteiger partial charge in [-0.25, -0.2) is 0 Å². The van der Waals surface area contributed by atoms with Crippen molar-refractivity contribution < 1.29 is 19.7 Å². The Labute approximate surface area is 140 Å². The maximum absolute atomic E-state index is 10.9. The van der Waals surface area contributed by atoms with Crippen LogP contribution in [0.4, 0.5) is 0 Å². The predicted octanol–water partition coefficient (Wildman–Crippen LogP) is 3.69. The van der Waals surface area contributed by atoms with Crippen molar-refractivity contribution in [3.8, 4) is 0 Å². The molecule has 132 valence electrons. The Morgan fingerprint density at radius 1 is 0.957 bits per heavy atom. The summed E-state index contributed by atoms with van der Waals surface area (Å²) in [6.45, 7) is 1.85. The summed E-state index contributed by atoms with van der Waals surface area (Å²) < 4.78 is 4.58. The van der Waals surface area contributed by atoms with Crippen molar-refractivity contribution in [2.24, 2.45) is 0 Å². The van der Waals surface area contributed by atoms with Gasteiger partial charge in [0.05, 0.1) is 19.3 Å². The predicted molar refractivity (Wildman–Crippen MR) is 94.1 cm³/mol. The van der Waals surface area contributed by atoms with Crippen molar-refractivity contribution in [1.29, 1.82) is 0 Å². The minimum Gasteiger partial charge on any atom is -0.469 e. The van der Waals surface area contributed by atoms with E-state index >= 15 is 0 Å². The Morgan fingerprint density at radius 3 is 2.17 bits per heavy atom. The second kappa shape index (κ2) is 15.5. The number of rotatable bonds is 13. The molecule has 0 aromatic heterocycles. The highest BCUT2D eigenvalue weighted by atomic mass is 16.5. The fourth-order valence-electron chi connectivity index (χ4n) is 1.96. The number of methoxy groups -OCH3 is 1. The first-order valence-corrected chi connectivity index (χ1v) is 8.49. The first-order valence-electron chi connectivity index (χ1n) is 8.49. The van der Waals surface area contributed by atoms with Gasteiger partial charge in [-0.15, -0.1) is 0 Å². The molecule has 0 saturated carbocycles. The van der Waals surface area contributed by atoms with Crippen molar-refractivity contribution in [2.75, 3.05) is 7.11 Å².